The minimum atomic E-state index is -4.01. The Bertz CT molecular complexity index is 979. The molecule has 1 atom stereocenters. The molecule has 0 aromatic heterocycles. The first-order valence-electron chi connectivity index (χ1n) is 6.64. The highest BCUT2D eigenvalue weighted by Crippen LogP contribution is 2.25. The average Bonchev–Trinajstić information content (AvgIpc) is 2.62. The lowest BCUT2D eigenvalue weighted by atomic mass is 10.2. The number of benzene rings is 2. The van der Waals surface area contributed by atoms with E-state index in [4.69, 9.17) is 52.9 Å². The van der Waals surface area contributed by atoms with Gasteiger partial charge in [-0.2, -0.15) is 3.74 Å². The lowest BCUT2D eigenvalue weighted by Crippen LogP contribution is -1.99. The molecule has 0 saturated carbocycles. The van der Waals surface area contributed by atoms with Gasteiger partial charge in [-0.3, -0.25) is 0 Å². The van der Waals surface area contributed by atoms with E-state index >= 15 is 0 Å². The Labute approximate surface area is 186 Å². The summed E-state index contributed by atoms with van der Waals surface area (Å²) in [4.78, 5) is 20.4. The van der Waals surface area contributed by atoms with Crippen molar-refractivity contribution < 1.29 is 40.7 Å². The van der Waals surface area contributed by atoms with Crippen molar-refractivity contribution in [1.82, 2.24) is 0 Å². The second-order valence-corrected chi connectivity index (χ2v) is 8.76. The predicted octanol–water partition coefficient (Wildman–Crippen LogP) is 3.95. The zero-order chi connectivity index (χ0) is 22.8. The van der Waals surface area contributed by atoms with E-state index in [1.54, 1.807) is 12.1 Å². The first kappa shape index (κ1) is 27.6. The second-order valence-electron chi connectivity index (χ2n) is 4.47. The molecule has 0 bridgehead atoms. The fourth-order valence-corrected chi connectivity index (χ4v) is 3.03. The first-order valence-corrected chi connectivity index (χ1v) is 11.0. The van der Waals surface area contributed by atoms with E-state index in [2.05, 4.69) is 15.6 Å². The molecular weight excluding hydrogens is 518 g/mol. The normalized spacial score (nSPS) is 11.2. The summed E-state index contributed by atoms with van der Waals surface area (Å²) in [5.41, 5.74) is 0.0676. The summed E-state index contributed by atoms with van der Waals surface area (Å²) in [7, 11) is 1.02. The van der Waals surface area contributed by atoms with E-state index in [1.165, 1.54) is 24.3 Å². The molecule has 0 aliphatic carbocycles. The van der Waals surface area contributed by atoms with E-state index in [0.29, 0.717) is 5.02 Å². The zero-order valence-corrected chi connectivity index (χ0v) is 18.3. The first-order chi connectivity index (χ1) is 13.3. The largest absolute Gasteiger partial charge is 0.749 e. The van der Waals surface area contributed by atoms with Gasteiger partial charge in [-0.05, 0) is 42.5 Å². The molecule has 9 nitrogen and oxygen atoms in total. The minimum absolute atomic E-state index is 0.106. The van der Waals surface area contributed by atoms with Gasteiger partial charge in [0.2, 0.25) is 0 Å². The van der Waals surface area contributed by atoms with E-state index in [-0.39, 0.29) is 16.1 Å². The molecule has 0 radical (unpaired) electrons. The van der Waals surface area contributed by atoms with Crippen LogP contribution in [0.3, 0.4) is 0 Å². The quantitative estimate of drug-likeness (QED) is 0.444. The monoisotopic (exact) mass is 525 g/mol. The van der Waals surface area contributed by atoms with Gasteiger partial charge >= 0.3 is 11.9 Å². The van der Waals surface area contributed by atoms with Crippen LogP contribution in [-0.4, -0.2) is 39.3 Å². The maximum absolute atomic E-state index is 10.9. The Morgan fingerprint density at radius 2 is 1.38 bits per heavy atom. The van der Waals surface area contributed by atoms with E-state index in [1.807, 2.05) is 0 Å². The summed E-state index contributed by atoms with van der Waals surface area (Å²) in [6, 6.07) is 9.29. The zero-order valence-electron chi connectivity index (χ0n) is 13.6. The molecule has 1 unspecified atom stereocenters. The lowest BCUT2D eigenvalue weighted by Gasteiger charge is -2.00. The Hall–Kier alpha value is -1.44. The van der Waals surface area contributed by atoms with Crippen LogP contribution in [-0.2, 0) is 24.1 Å². The number of aromatic carboxylic acids is 2. The molecule has 2 aromatic rings. The van der Waals surface area contributed by atoms with E-state index < -0.39 is 37.2 Å². The number of carboxylic acid groups (broad SMARTS) is 2. The molecule has 15 heteroatoms. The topological polar surface area (TPSA) is 158 Å². The van der Waals surface area contributed by atoms with Crippen molar-refractivity contribution >= 4 is 78.1 Å². The number of hydrogen-bond donors (Lipinski definition) is 2. The van der Waals surface area contributed by atoms with Crippen LogP contribution in [0.2, 0.25) is 10.0 Å². The minimum Gasteiger partial charge on any atom is -0.749 e. The third-order valence-corrected chi connectivity index (χ3v) is 5.05. The third-order valence-electron chi connectivity index (χ3n) is 2.58. The van der Waals surface area contributed by atoms with Gasteiger partial charge in [0.25, 0.3) is 9.05 Å². The van der Waals surface area contributed by atoms with Gasteiger partial charge in [0.05, 0.1) is 28.0 Å². The fourth-order valence-electron chi connectivity index (χ4n) is 1.42. The third kappa shape index (κ3) is 11.4. The molecule has 0 aliphatic heterocycles. The lowest BCUT2D eigenvalue weighted by molar-refractivity contribution is 0.0686. The van der Waals surface area contributed by atoms with Crippen LogP contribution in [0, 0.1) is 0 Å². The molecule has 0 amide bonds. The van der Waals surface area contributed by atoms with E-state index in [9.17, 15) is 18.0 Å². The van der Waals surface area contributed by atoms with Crippen molar-refractivity contribution in [3.05, 3.63) is 63.6 Å². The molecular formula is C14H9Cl4O9S2-. The van der Waals surface area contributed by atoms with Gasteiger partial charge in [-0.1, -0.05) is 23.2 Å². The molecule has 2 N–H and O–H groups in total. The molecule has 0 saturated heterocycles. The van der Waals surface area contributed by atoms with Gasteiger partial charge in [0, 0.05) is 15.7 Å². The second kappa shape index (κ2) is 13.0. The molecule has 0 aliphatic rings. The molecule has 0 fully saturated rings. The van der Waals surface area contributed by atoms with Crippen molar-refractivity contribution in [2.75, 3.05) is 0 Å². The van der Waals surface area contributed by atoms with Crippen molar-refractivity contribution in [2.24, 2.45) is 0 Å². The highest BCUT2D eigenvalue weighted by molar-refractivity contribution is 8.13. The van der Waals surface area contributed by atoms with Crippen molar-refractivity contribution in [3.63, 3.8) is 0 Å². The van der Waals surface area contributed by atoms with Crippen LogP contribution in [0.15, 0.2) is 47.4 Å². The molecule has 160 valence electrons. The summed E-state index contributed by atoms with van der Waals surface area (Å²) in [6.07, 6.45) is 0. The van der Waals surface area contributed by atoms with Gasteiger partial charge in [-0.25, -0.2) is 22.2 Å². The van der Waals surface area contributed by atoms with Crippen LogP contribution >= 0.6 is 45.8 Å². The standard InChI is InChI=1S/C7H4Cl2O4S.C7H5ClO2.ClHO3S/c8-5-2-1-4(7(10)11)3-6(5)14(9,12)13;8-6-3-1-5(2-4-6)7(9)10;1-4-5(2)3/h1-3H,(H,10,11);1-4H,(H,9,10);(H,2,3)/p-1. The molecule has 2 rings (SSSR count). The SMILES string of the molecule is O=C(O)c1ccc(Cl)c(S(=O)(=O)Cl)c1.O=C(O)c1ccc(Cl)cc1.O=S([O-])OCl. The summed E-state index contributed by atoms with van der Waals surface area (Å²) < 4.78 is 43.0. The summed E-state index contributed by atoms with van der Waals surface area (Å²) in [5.74, 6) is -2.18. The number of carbonyl (C=O) groups is 2. The fraction of sp³-hybridized carbons (Fsp3) is 0. The van der Waals surface area contributed by atoms with Crippen LogP contribution in [0.1, 0.15) is 20.7 Å². The molecule has 0 spiro atoms. The highest BCUT2D eigenvalue weighted by Gasteiger charge is 2.17. The van der Waals surface area contributed by atoms with Crippen LogP contribution in [0.25, 0.3) is 0 Å². The highest BCUT2D eigenvalue weighted by atomic mass is 35.7. The van der Waals surface area contributed by atoms with Crippen molar-refractivity contribution in [3.8, 4) is 0 Å². The van der Waals surface area contributed by atoms with Crippen LogP contribution < -0.4 is 0 Å². The maximum Gasteiger partial charge on any atom is 0.335 e. The number of halogens is 4. The maximum atomic E-state index is 10.9. The summed E-state index contributed by atoms with van der Waals surface area (Å²) in [5, 5.41) is 17.5. The smallest absolute Gasteiger partial charge is 0.335 e. The molecule has 29 heavy (non-hydrogen) atoms. The van der Waals surface area contributed by atoms with E-state index in [0.717, 1.165) is 6.07 Å². The average molecular weight is 527 g/mol. The van der Waals surface area contributed by atoms with Gasteiger partial charge < -0.3 is 14.8 Å². The Morgan fingerprint density at radius 1 is 0.966 bits per heavy atom. The number of rotatable bonds is 4. The van der Waals surface area contributed by atoms with Crippen molar-refractivity contribution in [2.45, 2.75) is 4.90 Å². The Kier molecular flexibility index (Phi) is 12.3. The molecule has 0 heterocycles. The summed E-state index contributed by atoms with van der Waals surface area (Å²) >= 11 is 12.7. The van der Waals surface area contributed by atoms with Crippen molar-refractivity contribution in [1.29, 1.82) is 0 Å². The van der Waals surface area contributed by atoms with Crippen LogP contribution in [0.5, 0.6) is 0 Å². The Balaban J connectivity index is 0.000000455. The van der Waals surface area contributed by atoms with Crippen LogP contribution in [0.4, 0.5) is 0 Å². The number of carboxylic acids is 2. The number of hydrogen-bond acceptors (Lipinski definition) is 7. The summed E-state index contributed by atoms with van der Waals surface area (Å²) in [6.45, 7) is 0. The van der Waals surface area contributed by atoms with Gasteiger partial charge in [0.15, 0.2) is 0 Å². The van der Waals surface area contributed by atoms with Gasteiger partial charge in [0.1, 0.15) is 16.3 Å². The Morgan fingerprint density at radius 3 is 1.72 bits per heavy atom. The van der Waals surface area contributed by atoms with Gasteiger partial charge in [-0.15, -0.1) is 0 Å². The predicted molar refractivity (Wildman–Crippen MR) is 106 cm³/mol. The molecule has 2 aromatic carbocycles.